The molecular formula is C10H11NO3. The van der Waals surface area contributed by atoms with Gasteiger partial charge in [0.1, 0.15) is 5.75 Å². The van der Waals surface area contributed by atoms with Crippen LogP contribution in [0.1, 0.15) is 23.2 Å². The lowest BCUT2D eigenvalue weighted by molar-refractivity contribution is 0.0983. The first-order valence-corrected chi connectivity index (χ1v) is 4.47. The molecule has 14 heavy (non-hydrogen) atoms. The molecule has 2 rings (SSSR count). The maximum atomic E-state index is 11.6. The molecule has 0 saturated heterocycles. The predicted molar refractivity (Wildman–Crippen MR) is 51.6 cm³/mol. The van der Waals surface area contributed by atoms with Gasteiger partial charge in [0.05, 0.1) is 17.9 Å². The van der Waals surface area contributed by atoms with Gasteiger partial charge >= 0.3 is 0 Å². The number of rotatable bonds is 0. The molecule has 0 amide bonds. The predicted octanol–water partition coefficient (Wildman–Crippen LogP) is 1.33. The van der Waals surface area contributed by atoms with Crippen LogP contribution < -0.4 is 10.5 Å². The Morgan fingerprint density at radius 3 is 3.00 bits per heavy atom. The standard InChI is InChI=1S/C10H11NO3/c11-8-5-6(12)4-7-9(13)2-1-3-14-10(7)8/h4-5,12H,1-3,11H2. The topological polar surface area (TPSA) is 72.6 Å². The molecule has 4 nitrogen and oxygen atoms in total. The van der Waals surface area contributed by atoms with Gasteiger partial charge in [-0.2, -0.15) is 0 Å². The van der Waals surface area contributed by atoms with Crippen molar-refractivity contribution in [2.45, 2.75) is 12.8 Å². The Morgan fingerprint density at radius 1 is 1.43 bits per heavy atom. The number of phenols is 1. The zero-order chi connectivity index (χ0) is 10.1. The van der Waals surface area contributed by atoms with Crippen LogP contribution in [0.25, 0.3) is 0 Å². The van der Waals surface area contributed by atoms with Crippen LogP contribution in [0, 0.1) is 0 Å². The van der Waals surface area contributed by atoms with E-state index in [9.17, 15) is 9.90 Å². The summed E-state index contributed by atoms with van der Waals surface area (Å²) in [5, 5.41) is 9.29. The Morgan fingerprint density at radius 2 is 2.21 bits per heavy atom. The van der Waals surface area contributed by atoms with Gasteiger partial charge < -0.3 is 15.6 Å². The smallest absolute Gasteiger partial charge is 0.166 e. The Labute approximate surface area is 81.3 Å². The monoisotopic (exact) mass is 193 g/mol. The molecule has 74 valence electrons. The second-order valence-corrected chi connectivity index (χ2v) is 3.29. The van der Waals surface area contributed by atoms with Gasteiger partial charge in [-0.05, 0) is 12.5 Å². The fraction of sp³-hybridized carbons (Fsp3) is 0.300. The number of hydrogen-bond donors (Lipinski definition) is 2. The quantitative estimate of drug-likeness (QED) is 0.609. The van der Waals surface area contributed by atoms with E-state index in [0.717, 1.165) is 0 Å². The van der Waals surface area contributed by atoms with Gasteiger partial charge in [-0.1, -0.05) is 0 Å². The molecule has 1 aliphatic heterocycles. The van der Waals surface area contributed by atoms with E-state index in [0.29, 0.717) is 36.4 Å². The van der Waals surface area contributed by atoms with E-state index in [2.05, 4.69) is 0 Å². The summed E-state index contributed by atoms with van der Waals surface area (Å²) >= 11 is 0. The minimum Gasteiger partial charge on any atom is -0.508 e. The van der Waals surface area contributed by atoms with Gasteiger partial charge in [0, 0.05) is 12.5 Å². The van der Waals surface area contributed by atoms with Crippen LogP contribution in [0.3, 0.4) is 0 Å². The zero-order valence-corrected chi connectivity index (χ0v) is 7.62. The number of phenolic OH excluding ortho intramolecular Hbond substituents is 1. The number of anilines is 1. The van der Waals surface area contributed by atoms with Crippen molar-refractivity contribution < 1.29 is 14.6 Å². The number of nitrogen functional groups attached to an aromatic ring is 1. The van der Waals surface area contributed by atoms with Crippen LogP contribution in [-0.2, 0) is 0 Å². The number of aromatic hydroxyl groups is 1. The number of carbonyl (C=O) groups is 1. The third-order valence-electron chi connectivity index (χ3n) is 2.20. The van der Waals surface area contributed by atoms with Gasteiger partial charge in [-0.15, -0.1) is 0 Å². The second kappa shape index (κ2) is 3.21. The first kappa shape index (κ1) is 8.87. The van der Waals surface area contributed by atoms with E-state index in [4.69, 9.17) is 10.5 Å². The number of fused-ring (bicyclic) bond motifs is 1. The number of ketones is 1. The molecule has 4 heteroatoms. The summed E-state index contributed by atoms with van der Waals surface area (Å²) in [6, 6.07) is 2.79. The lowest BCUT2D eigenvalue weighted by Gasteiger charge is -2.09. The maximum Gasteiger partial charge on any atom is 0.166 e. The Kier molecular flexibility index (Phi) is 2.04. The molecule has 3 N–H and O–H groups in total. The molecule has 1 aromatic carbocycles. The summed E-state index contributed by atoms with van der Waals surface area (Å²) in [5.41, 5.74) is 6.34. The van der Waals surface area contributed by atoms with Crippen LogP contribution in [0.2, 0.25) is 0 Å². The molecule has 0 fully saturated rings. The molecular weight excluding hydrogens is 182 g/mol. The van der Waals surface area contributed by atoms with E-state index in [1.165, 1.54) is 12.1 Å². The second-order valence-electron chi connectivity index (χ2n) is 3.29. The SMILES string of the molecule is Nc1cc(O)cc2c1OCCCC2=O. The highest BCUT2D eigenvalue weighted by molar-refractivity contribution is 6.01. The number of nitrogens with two attached hydrogens (primary N) is 1. The molecule has 0 aliphatic carbocycles. The fourth-order valence-electron chi connectivity index (χ4n) is 1.55. The van der Waals surface area contributed by atoms with Crippen LogP contribution in [-0.4, -0.2) is 17.5 Å². The average Bonchev–Trinajstić information content (AvgIpc) is 2.29. The highest BCUT2D eigenvalue weighted by Gasteiger charge is 2.19. The maximum absolute atomic E-state index is 11.6. The fourth-order valence-corrected chi connectivity index (χ4v) is 1.55. The van der Waals surface area contributed by atoms with Crippen molar-refractivity contribution in [3.63, 3.8) is 0 Å². The minimum atomic E-state index is -0.0277. The molecule has 0 saturated carbocycles. The average molecular weight is 193 g/mol. The number of carbonyl (C=O) groups excluding carboxylic acids is 1. The van der Waals surface area contributed by atoms with E-state index in [1.54, 1.807) is 0 Å². The molecule has 0 bridgehead atoms. The normalized spacial score (nSPS) is 15.6. The Hall–Kier alpha value is -1.71. The van der Waals surface area contributed by atoms with Crippen molar-refractivity contribution in [3.05, 3.63) is 17.7 Å². The largest absolute Gasteiger partial charge is 0.508 e. The van der Waals surface area contributed by atoms with Crippen molar-refractivity contribution in [3.8, 4) is 11.5 Å². The molecule has 0 unspecified atom stereocenters. The van der Waals surface area contributed by atoms with Crippen molar-refractivity contribution in [2.24, 2.45) is 0 Å². The first-order chi connectivity index (χ1) is 6.68. The number of hydrogen-bond acceptors (Lipinski definition) is 4. The summed E-state index contributed by atoms with van der Waals surface area (Å²) in [4.78, 5) is 11.6. The third-order valence-corrected chi connectivity index (χ3v) is 2.20. The van der Waals surface area contributed by atoms with Crippen molar-refractivity contribution in [2.75, 3.05) is 12.3 Å². The van der Waals surface area contributed by atoms with E-state index >= 15 is 0 Å². The third kappa shape index (κ3) is 1.39. The van der Waals surface area contributed by atoms with Crippen LogP contribution in [0.15, 0.2) is 12.1 Å². The first-order valence-electron chi connectivity index (χ1n) is 4.47. The van der Waals surface area contributed by atoms with E-state index < -0.39 is 0 Å². The van der Waals surface area contributed by atoms with Crippen molar-refractivity contribution in [1.29, 1.82) is 0 Å². The van der Waals surface area contributed by atoms with Gasteiger partial charge in [-0.25, -0.2) is 0 Å². The number of benzene rings is 1. The van der Waals surface area contributed by atoms with Gasteiger partial charge in [0.15, 0.2) is 11.5 Å². The Balaban J connectivity index is 2.58. The summed E-state index contributed by atoms with van der Waals surface area (Å²) in [6.45, 7) is 0.494. The molecule has 0 radical (unpaired) electrons. The molecule has 1 aromatic rings. The van der Waals surface area contributed by atoms with Crippen molar-refractivity contribution >= 4 is 11.5 Å². The zero-order valence-electron chi connectivity index (χ0n) is 7.62. The van der Waals surface area contributed by atoms with Crippen molar-refractivity contribution in [1.82, 2.24) is 0 Å². The van der Waals surface area contributed by atoms with E-state index in [-0.39, 0.29) is 11.5 Å². The van der Waals surface area contributed by atoms with Gasteiger partial charge in [0.25, 0.3) is 0 Å². The Bertz CT molecular complexity index is 387. The van der Waals surface area contributed by atoms with Crippen LogP contribution in [0.4, 0.5) is 5.69 Å². The van der Waals surface area contributed by atoms with Gasteiger partial charge in [0.2, 0.25) is 0 Å². The van der Waals surface area contributed by atoms with E-state index in [1.807, 2.05) is 0 Å². The molecule has 0 atom stereocenters. The molecule has 0 aromatic heterocycles. The highest BCUT2D eigenvalue weighted by Crippen LogP contribution is 2.33. The lowest BCUT2D eigenvalue weighted by atomic mass is 10.1. The summed E-state index contributed by atoms with van der Waals surface area (Å²) < 4.78 is 5.35. The van der Waals surface area contributed by atoms with Crippen LogP contribution >= 0.6 is 0 Å². The van der Waals surface area contributed by atoms with Crippen LogP contribution in [0.5, 0.6) is 11.5 Å². The highest BCUT2D eigenvalue weighted by atomic mass is 16.5. The summed E-state index contributed by atoms with van der Waals surface area (Å²) in [7, 11) is 0. The molecule has 0 spiro atoms. The minimum absolute atomic E-state index is 0.0000926. The summed E-state index contributed by atoms with van der Waals surface area (Å²) in [5.74, 6) is 0.380. The summed E-state index contributed by atoms with van der Waals surface area (Å²) in [6.07, 6.45) is 1.13. The number of Topliss-reactive ketones (excluding diaryl/α,β-unsaturated/α-hetero) is 1. The molecule has 1 heterocycles. The molecule has 1 aliphatic rings. The lowest BCUT2D eigenvalue weighted by Crippen LogP contribution is -2.01. The number of ether oxygens (including phenoxy) is 1. The van der Waals surface area contributed by atoms with Gasteiger partial charge in [-0.3, -0.25) is 4.79 Å².